The quantitative estimate of drug-likeness (QED) is 0.365. The van der Waals surface area contributed by atoms with E-state index >= 15 is 0 Å². The van der Waals surface area contributed by atoms with Crippen molar-refractivity contribution in [2.24, 2.45) is 10.8 Å². The summed E-state index contributed by atoms with van der Waals surface area (Å²) in [5, 5.41) is 3.98. The van der Waals surface area contributed by atoms with Crippen molar-refractivity contribution in [3.63, 3.8) is 0 Å². The second kappa shape index (κ2) is 4.84. The summed E-state index contributed by atoms with van der Waals surface area (Å²) in [5.74, 6) is 0. The molecule has 1 aliphatic rings. The van der Waals surface area contributed by atoms with E-state index in [4.69, 9.17) is 10.5 Å². The third-order valence-electron chi connectivity index (χ3n) is 1.34. The highest BCUT2D eigenvalue weighted by Crippen LogP contribution is 2.02. The van der Waals surface area contributed by atoms with Crippen molar-refractivity contribution in [3.05, 3.63) is 11.6 Å². The van der Waals surface area contributed by atoms with Crippen LogP contribution >= 0.6 is 12.2 Å². The fourth-order valence-electron chi connectivity index (χ4n) is 0.845. The molecule has 0 fully saturated rings. The molecule has 0 amide bonds. The number of nitrogens with two attached hydrogens (primary N) is 1. The molecular weight excluding hydrogens is 174 g/mol. The fourth-order valence-corrected chi connectivity index (χ4v) is 0.898. The van der Waals surface area contributed by atoms with Gasteiger partial charge in [0, 0.05) is 0 Å². The Morgan fingerprint density at radius 3 is 3.25 bits per heavy atom. The van der Waals surface area contributed by atoms with Gasteiger partial charge in [-0.3, -0.25) is 5.43 Å². The molecular formula is C7H11N3OS. The van der Waals surface area contributed by atoms with Gasteiger partial charge in [0.2, 0.25) is 0 Å². The summed E-state index contributed by atoms with van der Waals surface area (Å²) >= 11 is 4.56. The molecule has 0 bridgehead atoms. The van der Waals surface area contributed by atoms with E-state index in [1.54, 1.807) is 6.21 Å². The van der Waals surface area contributed by atoms with Gasteiger partial charge in [0.05, 0.1) is 19.4 Å². The standard InChI is InChI=1S/C7H11N3OS/c8-7(12)10-9-4-6-2-1-3-11-5-6/h2,4H,1,3,5H2,(H3,8,10,12). The Morgan fingerprint density at radius 2 is 2.67 bits per heavy atom. The van der Waals surface area contributed by atoms with Gasteiger partial charge in [0.1, 0.15) is 0 Å². The monoisotopic (exact) mass is 185 g/mol. The number of thiocarbonyl (C=S) groups is 1. The summed E-state index contributed by atoms with van der Waals surface area (Å²) in [6, 6.07) is 0. The second-order valence-corrected chi connectivity index (χ2v) is 2.79. The lowest BCUT2D eigenvalue weighted by molar-refractivity contribution is 0.155. The molecule has 0 aromatic carbocycles. The van der Waals surface area contributed by atoms with Gasteiger partial charge in [-0.1, -0.05) is 6.08 Å². The molecule has 66 valence electrons. The van der Waals surface area contributed by atoms with Gasteiger partial charge in [-0.2, -0.15) is 5.10 Å². The number of nitrogens with one attached hydrogen (secondary N) is 1. The van der Waals surface area contributed by atoms with Crippen LogP contribution in [-0.2, 0) is 4.74 Å². The zero-order chi connectivity index (χ0) is 8.81. The van der Waals surface area contributed by atoms with Gasteiger partial charge in [-0.15, -0.1) is 0 Å². The minimum absolute atomic E-state index is 0.170. The number of ether oxygens (including phenoxy) is 1. The summed E-state index contributed by atoms with van der Waals surface area (Å²) < 4.78 is 5.19. The second-order valence-electron chi connectivity index (χ2n) is 2.35. The van der Waals surface area contributed by atoms with E-state index in [0.29, 0.717) is 6.61 Å². The van der Waals surface area contributed by atoms with E-state index in [1.165, 1.54) is 0 Å². The predicted octanol–water partition coefficient (Wildman–Crippen LogP) is 0.152. The van der Waals surface area contributed by atoms with Gasteiger partial charge < -0.3 is 10.5 Å². The molecule has 4 nitrogen and oxygen atoms in total. The highest BCUT2D eigenvalue weighted by Gasteiger charge is 1.99. The fraction of sp³-hybridized carbons (Fsp3) is 0.429. The Morgan fingerprint density at radius 1 is 1.83 bits per heavy atom. The molecule has 0 unspecified atom stereocenters. The zero-order valence-electron chi connectivity index (χ0n) is 6.62. The average molecular weight is 185 g/mol. The Kier molecular flexibility index (Phi) is 3.69. The van der Waals surface area contributed by atoms with Crippen molar-refractivity contribution in [2.45, 2.75) is 6.42 Å². The van der Waals surface area contributed by atoms with Crippen molar-refractivity contribution < 1.29 is 4.74 Å². The molecule has 0 aromatic rings. The summed E-state index contributed by atoms with van der Waals surface area (Å²) in [4.78, 5) is 0. The number of nitrogens with zero attached hydrogens (tertiary/aromatic N) is 1. The van der Waals surface area contributed by atoms with E-state index in [-0.39, 0.29) is 5.11 Å². The Labute approximate surface area is 76.5 Å². The lowest BCUT2D eigenvalue weighted by Crippen LogP contribution is -2.24. The Balaban J connectivity index is 2.33. The molecule has 0 saturated carbocycles. The number of hydrazone groups is 1. The third kappa shape index (κ3) is 3.45. The Bertz CT molecular complexity index is 225. The molecule has 0 spiro atoms. The van der Waals surface area contributed by atoms with Crippen molar-refractivity contribution in [2.75, 3.05) is 13.2 Å². The molecule has 0 radical (unpaired) electrons. The molecule has 12 heavy (non-hydrogen) atoms. The molecule has 0 aliphatic carbocycles. The minimum atomic E-state index is 0.170. The van der Waals surface area contributed by atoms with Gasteiger partial charge >= 0.3 is 0 Å². The van der Waals surface area contributed by atoms with E-state index in [1.807, 2.05) is 0 Å². The van der Waals surface area contributed by atoms with Crippen LogP contribution in [0.2, 0.25) is 0 Å². The summed E-state index contributed by atoms with van der Waals surface area (Å²) in [6.45, 7) is 1.41. The van der Waals surface area contributed by atoms with Crippen molar-refractivity contribution in [1.82, 2.24) is 5.43 Å². The average Bonchev–Trinajstić information content (AvgIpc) is 2.05. The summed E-state index contributed by atoms with van der Waals surface area (Å²) in [6.07, 6.45) is 4.68. The van der Waals surface area contributed by atoms with Crippen LogP contribution in [-0.4, -0.2) is 24.5 Å². The van der Waals surface area contributed by atoms with E-state index < -0.39 is 0 Å². The van der Waals surface area contributed by atoms with Crippen LogP contribution in [0.4, 0.5) is 0 Å². The molecule has 0 aromatic heterocycles. The maximum atomic E-state index is 5.19. The van der Waals surface area contributed by atoms with Crippen LogP contribution in [0.3, 0.4) is 0 Å². The van der Waals surface area contributed by atoms with Gasteiger partial charge in [0.15, 0.2) is 5.11 Å². The SMILES string of the molecule is NC(=S)NN=CC1=CCCOC1. The largest absolute Gasteiger partial charge is 0.376 e. The molecule has 0 saturated heterocycles. The van der Waals surface area contributed by atoms with Crippen molar-refractivity contribution in [1.29, 1.82) is 0 Å². The van der Waals surface area contributed by atoms with Crippen LogP contribution in [0.15, 0.2) is 16.8 Å². The minimum Gasteiger partial charge on any atom is -0.376 e. The van der Waals surface area contributed by atoms with Crippen LogP contribution in [0, 0.1) is 0 Å². The topological polar surface area (TPSA) is 59.6 Å². The molecule has 1 heterocycles. The molecule has 1 rings (SSSR count). The lowest BCUT2D eigenvalue weighted by atomic mass is 10.2. The van der Waals surface area contributed by atoms with Crippen molar-refractivity contribution >= 4 is 23.5 Å². The predicted molar refractivity (Wildman–Crippen MR) is 51.9 cm³/mol. The van der Waals surface area contributed by atoms with Gasteiger partial charge in [-0.05, 0) is 24.2 Å². The number of hydrogen-bond acceptors (Lipinski definition) is 3. The van der Waals surface area contributed by atoms with Crippen LogP contribution in [0.25, 0.3) is 0 Å². The maximum Gasteiger partial charge on any atom is 0.184 e. The van der Waals surface area contributed by atoms with Crippen molar-refractivity contribution in [3.8, 4) is 0 Å². The number of hydrogen-bond donors (Lipinski definition) is 2. The van der Waals surface area contributed by atoms with Crippen LogP contribution < -0.4 is 11.2 Å². The summed E-state index contributed by atoms with van der Waals surface area (Å²) in [5.41, 5.74) is 8.69. The maximum absolute atomic E-state index is 5.19. The molecule has 0 atom stereocenters. The van der Waals surface area contributed by atoms with E-state index in [9.17, 15) is 0 Å². The van der Waals surface area contributed by atoms with Gasteiger partial charge in [-0.25, -0.2) is 0 Å². The molecule has 3 N–H and O–H groups in total. The number of rotatable bonds is 2. The van der Waals surface area contributed by atoms with Crippen LogP contribution in [0.5, 0.6) is 0 Å². The lowest BCUT2D eigenvalue weighted by Gasteiger charge is -2.08. The first-order valence-electron chi connectivity index (χ1n) is 3.64. The summed E-state index contributed by atoms with van der Waals surface area (Å²) in [7, 11) is 0. The Hall–Kier alpha value is -0.940. The highest BCUT2D eigenvalue weighted by molar-refractivity contribution is 7.80. The normalized spacial score (nSPS) is 17.5. The van der Waals surface area contributed by atoms with Gasteiger partial charge in [0.25, 0.3) is 0 Å². The first kappa shape index (κ1) is 9.15. The van der Waals surface area contributed by atoms with E-state index in [2.05, 4.69) is 28.8 Å². The first-order chi connectivity index (χ1) is 5.79. The van der Waals surface area contributed by atoms with E-state index in [0.717, 1.165) is 18.6 Å². The molecule has 5 heteroatoms. The third-order valence-corrected chi connectivity index (χ3v) is 1.43. The zero-order valence-corrected chi connectivity index (χ0v) is 7.43. The molecule has 1 aliphatic heterocycles. The highest BCUT2D eigenvalue weighted by atomic mass is 32.1. The smallest absolute Gasteiger partial charge is 0.184 e. The first-order valence-corrected chi connectivity index (χ1v) is 4.05. The van der Waals surface area contributed by atoms with Crippen LogP contribution in [0.1, 0.15) is 6.42 Å².